The summed E-state index contributed by atoms with van der Waals surface area (Å²) in [4.78, 5) is 14.0. The molecule has 0 saturated heterocycles. The second kappa shape index (κ2) is 10.6. The van der Waals surface area contributed by atoms with Gasteiger partial charge in [0.05, 0.1) is 30.7 Å². The summed E-state index contributed by atoms with van der Waals surface area (Å²) in [5.74, 6) is 2.64. The minimum Gasteiger partial charge on any atom is -0.469 e. The Bertz CT molecular complexity index is 1310. The molecule has 0 aliphatic heterocycles. The SMILES string of the molecule is C#CCN(c1ccc(NS(=O)(=O)c2ccc(C(C)C)cc2)c2ccccc12)[C@@H](C)CC(=O)OC. The molecule has 1 atom stereocenters. The molecule has 0 unspecified atom stereocenters. The van der Waals surface area contributed by atoms with E-state index in [-0.39, 0.29) is 29.9 Å². The van der Waals surface area contributed by atoms with Gasteiger partial charge in [0.1, 0.15) is 0 Å². The number of nitrogens with zero attached hydrogens (tertiary/aromatic N) is 1. The Morgan fingerprint density at radius 1 is 1.03 bits per heavy atom. The third-order valence-electron chi connectivity index (χ3n) is 5.80. The van der Waals surface area contributed by atoms with Crippen LogP contribution in [0.1, 0.15) is 38.7 Å². The van der Waals surface area contributed by atoms with Crippen molar-refractivity contribution in [2.45, 2.75) is 44.0 Å². The van der Waals surface area contributed by atoms with Gasteiger partial charge in [-0.2, -0.15) is 0 Å². The standard InChI is InChI=1S/C27H30N2O4S/c1-6-17-29(20(4)18-27(30)33-5)26-16-15-25(23-9-7-8-10-24(23)26)28-34(31,32)22-13-11-21(12-14-22)19(2)3/h1,7-16,19-20,28H,17-18H2,2-5H3/t20-/m0/s1. The Kier molecular flexibility index (Phi) is 7.85. The van der Waals surface area contributed by atoms with Gasteiger partial charge >= 0.3 is 5.97 Å². The molecule has 0 heterocycles. The van der Waals surface area contributed by atoms with Crippen LogP contribution in [-0.2, 0) is 19.6 Å². The number of carbonyl (C=O) groups excluding carboxylic acids is 1. The molecular weight excluding hydrogens is 448 g/mol. The Balaban J connectivity index is 2.01. The molecule has 178 valence electrons. The van der Waals surface area contributed by atoms with Crippen LogP contribution in [0.3, 0.4) is 0 Å². The summed E-state index contributed by atoms with van der Waals surface area (Å²) in [6, 6.07) is 17.8. The second-order valence-electron chi connectivity index (χ2n) is 8.47. The van der Waals surface area contributed by atoms with E-state index in [4.69, 9.17) is 11.2 Å². The fraction of sp³-hybridized carbons (Fsp3) is 0.296. The molecule has 3 aromatic carbocycles. The topological polar surface area (TPSA) is 75.7 Å². The predicted molar refractivity (Wildman–Crippen MR) is 138 cm³/mol. The van der Waals surface area contributed by atoms with Crippen molar-refractivity contribution in [3.8, 4) is 12.3 Å². The highest BCUT2D eigenvalue weighted by Gasteiger charge is 2.22. The van der Waals surface area contributed by atoms with Crippen molar-refractivity contribution in [2.24, 2.45) is 0 Å². The number of methoxy groups -OCH3 is 1. The second-order valence-corrected chi connectivity index (χ2v) is 10.2. The first kappa shape index (κ1) is 25.1. The van der Waals surface area contributed by atoms with E-state index < -0.39 is 10.0 Å². The summed E-state index contributed by atoms with van der Waals surface area (Å²) >= 11 is 0. The van der Waals surface area contributed by atoms with Gasteiger partial charge in [0.2, 0.25) is 0 Å². The molecule has 0 amide bonds. The first-order valence-corrected chi connectivity index (χ1v) is 12.6. The van der Waals surface area contributed by atoms with Crippen molar-refractivity contribution < 1.29 is 17.9 Å². The first-order chi connectivity index (χ1) is 16.2. The Morgan fingerprint density at radius 3 is 2.26 bits per heavy atom. The zero-order valence-electron chi connectivity index (χ0n) is 19.9. The predicted octanol–water partition coefficient (Wildman–Crippen LogP) is 5.16. The number of rotatable bonds is 9. The monoisotopic (exact) mass is 478 g/mol. The van der Waals surface area contributed by atoms with Gasteiger partial charge in [-0.15, -0.1) is 6.42 Å². The molecule has 0 aliphatic carbocycles. The zero-order chi connectivity index (χ0) is 24.9. The highest BCUT2D eigenvalue weighted by atomic mass is 32.2. The lowest BCUT2D eigenvalue weighted by Crippen LogP contribution is -2.35. The average Bonchev–Trinajstić information content (AvgIpc) is 2.82. The van der Waals surface area contributed by atoms with Crippen LogP contribution in [0.2, 0.25) is 0 Å². The number of anilines is 2. The number of sulfonamides is 1. The van der Waals surface area contributed by atoms with Crippen molar-refractivity contribution in [1.82, 2.24) is 0 Å². The average molecular weight is 479 g/mol. The maximum atomic E-state index is 13.1. The van der Waals surface area contributed by atoms with Gasteiger partial charge in [-0.1, -0.05) is 56.2 Å². The van der Waals surface area contributed by atoms with E-state index in [0.29, 0.717) is 11.6 Å². The molecule has 3 aromatic rings. The van der Waals surface area contributed by atoms with E-state index in [9.17, 15) is 13.2 Å². The highest BCUT2D eigenvalue weighted by Crippen LogP contribution is 2.35. The molecule has 0 aliphatic rings. The highest BCUT2D eigenvalue weighted by molar-refractivity contribution is 7.92. The van der Waals surface area contributed by atoms with Gasteiger partial charge in [0, 0.05) is 22.5 Å². The molecule has 0 spiro atoms. The summed E-state index contributed by atoms with van der Waals surface area (Å²) in [5.41, 5.74) is 2.35. The Hall–Kier alpha value is -3.50. The maximum Gasteiger partial charge on any atom is 0.307 e. The van der Waals surface area contributed by atoms with Crippen LogP contribution >= 0.6 is 0 Å². The number of benzene rings is 3. The molecule has 34 heavy (non-hydrogen) atoms. The van der Waals surface area contributed by atoms with Crippen molar-refractivity contribution in [3.05, 3.63) is 66.2 Å². The number of carbonyl (C=O) groups is 1. The number of fused-ring (bicyclic) bond motifs is 1. The van der Waals surface area contributed by atoms with E-state index in [1.54, 1.807) is 18.2 Å². The molecule has 0 aromatic heterocycles. The lowest BCUT2D eigenvalue weighted by molar-refractivity contribution is -0.140. The molecule has 1 N–H and O–H groups in total. The molecule has 3 rings (SSSR count). The summed E-state index contributed by atoms with van der Waals surface area (Å²) in [6.07, 6.45) is 5.79. The lowest BCUT2D eigenvalue weighted by Gasteiger charge is -2.30. The van der Waals surface area contributed by atoms with E-state index in [2.05, 4.69) is 24.5 Å². The van der Waals surface area contributed by atoms with Crippen LogP contribution in [0.5, 0.6) is 0 Å². The van der Waals surface area contributed by atoms with Crippen molar-refractivity contribution in [1.29, 1.82) is 0 Å². The number of ether oxygens (including phenoxy) is 1. The minimum absolute atomic E-state index is 0.174. The number of hydrogen-bond donors (Lipinski definition) is 1. The van der Waals surface area contributed by atoms with Gasteiger partial charge in [-0.05, 0) is 42.7 Å². The van der Waals surface area contributed by atoms with E-state index >= 15 is 0 Å². The Morgan fingerprint density at radius 2 is 1.68 bits per heavy atom. The van der Waals surface area contributed by atoms with Crippen molar-refractivity contribution in [2.75, 3.05) is 23.3 Å². The maximum absolute atomic E-state index is 13.1. The Labute approximate surface area is 202 Å². The number of esters is 1. The molecule has 0 saturated carbocycles. The number of hydrogen-bond acceptors (Lipinski definition) is 5. The van der Waals surface area contributed by atoms with Gasteiger partial charge in [0.25, 0.3) is 10.0 Å². The minimum atomic E-state index is -3.78. The molecule has 7 heteroatoms. The van der Waals surface area contributed by atoms with Crippen LogP contribution in [-0.4, -0.2) is 34.1 Å². The fourth-order valence-electron chi connectivity index (χ4n) is 3.87. The third kappa shape index (κ3) is 5.52. The van der Waals surface area contributed by atoms with Crippen LogP contribution in [0.15, 0.2) is 65.6 Å². The van der Waals surface area contributed by atoms with Gasteiger partial charge in [-0.25, -0.2) is 8.42 Å². The number of terminal acetylenes is 1. The summed E-state index contributed by atoms with van der Waals surface area (Å²) < 4.78 is 33.8. The molecule has 0 radical (unpaired) electrons. The molecular formula is C27H30N2O4S. The van der Waals surface area contributed by atoms with E-state index in [0.717, 1.165) is 22.0 Å². The molecule has 0 fully saturated rings. The summed E-state index contributed by atoms with van der Waals surface area (Å²) in [7, 11) is -2.43. The number of nitrogens with one attached hydrogen (secondary N) is 1. The van der Waals surface area contributed by atoms with Gasteiger partial charge in [0.15, 0.2) is 0 Å². The first-order valence-electron chi connectivity index (χ1n) is 11.1. The summed E-state index contributed by atoms with van der Waals surface area (Å²) in [5, 5.41) is 1.56. The van der Waals surface area contributed by atoms with Crippen molar-refractivity contribution in [3.63, 3.8) is 0 Å². The van der Waals surface area contributed by atoms with Crippen LogP contribution in [0.4, 0.5) is 11.4 Å². The van der Waals surface area contributed by atoms with Gasteiger partial charge < -0.3 is 9.64 Å². The normalized spacial score (nSPS) is 12.2. The smallest absolute Gasteiger partial charge is 0.307 e. The molecule has 6 nitrogen and oxygen atoms in total. The van der Waals surface area contributed by atoms with E-state index in [1.165, 1.54) is 7.11 Å². The van der Waals surface area contributed by atoms with Crippen molar-refractivity contribution >= 4 is 38.1 Å². The van der Waals surface area contributed by atoms with Crippen LogP contribution in [0.25, 0.3) is 10.8 Å². The summed E-state index contributed by atoms with van der Waals surface area (Å²) in [6.45, 7) is 6.31. The zero-order valence-corrected chi connectivity index (χ0v) is 20.7. The van der Waals surface area contributed by atoms with E-state index in [1.807, 2.05) is 54.3 Å². The largest absolute Gasteiger partial charge is 0.469 e. The van der Waals surface area contributed by atoms with Crippen LogP contribution < -0.4 is 9.62 Å². The van der Waals surface area contributed by atoms with Crippen LogP contribution in [0, 0.1) is 12.3 Å². The fourth-order valence-corrected chi connectivity index (χ4v) is 4.95. The lowest BCUT2D eigenvalue weighted by atomic mass is 10.0. The third-order valence-corrected chi connectivity index (χ3v) is 7.18. The molecule has 0 bridgehead atoms. The van der Waals surface area contributed by atoms with Gasteiger partial charge in [-0.3, -0.25) is 9.52 Å². The quantitative estimate of drug-likeness (QED) is 0.340.